The fraction of sp³-hybridized carbons (Fsp3) is 0.857. The van der Waals surface area contributed by atoms with E-state index in [0.29, 0.717) is 19.1 Å². The minimum Gasteiger partial charge on any atom is -0.394 e. The van der Waals surface area contributed by atoms with Gasteiger partial charge in [0.15, 0.2) is 5.82 Å². The van der Waals surface area contributed by atoms with Gasteiger partial charge in [-0.05, 0) is 25.7 Å². The number of aromatic nitrogens is 2. The number of hydrogen-bond donors (Lipinski definition) is 2. The van der Waals surface area contributed by atoms with Gasteiger partial charge in [-0.25, -0.2) is 0 Å². The van der Waals surface area contributed by atoms with Crippen LogP contribution in [0.2, 0.25) is 0 Å². The fourth-order valence-corrected chi connectivity index (χ4v) is 2.91. The number of ether oxygens (including phenoxy) is 1. The summed E-state index contributed by atoms with van der Waals surface area (Å²) in [6.07, 6.45) is 6.84. The van der Waals surface area contributed by atoms with Gasteiger partial charge in [0.25, 0.3) is 0 Å². The molecule has 0 aromatic carbocycles. The lowest BCUT2D eigenvalue weighted by molar-refractivity contribution is 0.0885. The number of hydrogen-bond acceptors (Lipinski definition) is 6. The molecular weight excluding hydrogens is 258 g/mol. The van der Waals surface area contributed by atoms with Gasteiger partial charge < -0.3 is 19.7 Å². The van der Waals surface area contributed by atoms with E-state index in [1.165, 1.54) is 25.7 Å². The SMILES string of the molecule is OCCOCCNC1(c2noc(C3CC3)n2)CCCC1. The Morgan fingerprint density at radius 2 is 2.10 bits per heavy atom. The maximum Gasteiger partial charge on any atom is 0.229 e. The molecule has 6 nitrogen and oxygen atoms in total. The molecule has 0 aliphatic heterocycles. The summed E-state index contributed by atoms with van der Waals surface area (Å²) in [6, 6.07) is 0. The van der Waals surface area contributed by atoms with Crippen molar-refractivity contribution in [2.75, 3.05) is 26.4 Å². The number of nitrogens with zero attached hydrogens (tertiary/aromatic N) is 2. The monoisotopic (exact) mass is 281 g/mol. The Morgan fingerprint density at radius 1 is 1.30 bits per heavy atom. The van der Waals surface area contributed by atoms with Crippen LogP contribution in [0.1, 0.15) is 56.2 Å². The minimum absolute atomic E-state index is 0.0702. The Hall–Kier alpha value is -0.980. The molecule has 112 valence electrons. The summed E-state index contributed by atoms with van der Waals surface area (Å²) in [6.45, 7) is 1.80. The zero-order chi connectivity index (χ0) is 13.8. The molecule has 0 saturated heterocycles. The summed E-state index contributed by atoms with van der Waals surface area (Å²) in [4.78, 5) is 4.62. The van der Waals surface area contributed by atoms with Crippen molar-refractivity contribution in [2.24, 2.45) is 0 Å². The molecule has 1 aromatic heterocycles. The average Bonchev–Trinajstić information content (AvgIpc) is 3.01. The Labute approximate surface area is 118 Å². The summed E-state index contributed by atoms with van der Waals surface area (Å²) in [5.74, 6) is 2.13. The highest BCUT2D eigenvalue weighted by atomic mass is 16.5. The third kappa shape index (κ3) is 3.02. The van der Waals surface area contributed by atoms with Gasteiger partial charge in [0.2, 0.25) is 5.89 Å². The van der Waals surface area contributed by atoms with Crippen molar-refractivity contribution < 1.29 is 14.4 Å². The van der Waals surface area contributed by atoms with Crippen LogP contribution < -0.4 is 5.32 Å². The molecule has 2 saturated carbocycles. The normalized spacial score (nSPS) is 21.4. The predicted octanol–water partition coefficient (Wildman–Crippen LogP) is 1.31. The Morgan fingerprint density at radius 3 is 2.80 bits per heavy atom. The molecule has 1 heterocycles. The van der Waals surface area contributed by atoms with Crippen molar-refractivity contribution in [2.45, 2.75) is 50.0 Å². The Bertz CT molecular complexity index is 425. The van der Waals surface area contributed by atoms with Crippen LogP contribution in [0.4, 0.5) is 0 Å². The molecule has 0 amide bonds. The first-order valence-corrected chi connectivity index (χ1v) is 7.62. The Kier molecular flexibility index (Phi) is 4.33. The molecule has 2 fully saturated rings. The molecule has 0 unspecified atom stereocenters. The van der Waals surface area contributed by atoms with Gasteiger partial charge >= 0.3 is 0 Å². The van der Waals surface area contributed by atoms with E-state index >= 15 is 0 Å². The molecule has 0 spiro atoms. The van der Waals surface area contributed by atoms with E-state index in [1.807, 2.05) is 0 Å². The molecule has 2 N–H and O–H groups in total. The summed E-state index contributed by atoms with van der Waals surface area (Å²) >= 11 is 0. The van der Waals surface area contributed by atoms with Gasteiger partial charge in [-0.15, -0.1) is 0 Å². The van der Waals surface area contributed by atoms with Gasteiger partial charge in [-0.1, -0.05) is 18.0 Å². The van der Waals surface area contributed by atoms with E-state index in [1.54, 1.807) is 0 Å². The van der Waals surface area contributed by atoms with Gasteiger partial charge in [0, 0.05) is 12.5 Å². The van der Waals surface area contributed by atoms with Crippen molar-refractivity contribution in [3.05, 3.63) is 11.7 Å². The topological polar surface area (TPSA) is 80.4 Å². The second kappa shape index (κ2) is 6.20. The molecule has 0 atom stereocenters. The lowest BCUT2D eigenvalue weighted by atomic mass is 9.96. The van der Waals surface area contributed by atoms with Crippen LogP contribution in [0.5, 0.6) is 0 Å². The smallest absolute Gasteiger partial charge is 0.229 e. The number of aliphatic hydroxyl groups is 1. The summed E-state index contributed by atoms with van der Waals surface area (Å²) in [5.41, 5.74) is -0.140. The van der Waals surface area contributed by atoms with Crippen LogP contribution in [-0.2, 0) is 10.3 Å². The first-order valence-electron chi connectivity index (χ1n) is 7.62. The standard InChI is InChI=1S/C14H23N3O3/c18-8-10-19-9-7-15-14(5-1-2-6-14)13-16-12(20-17-13)11-3-4-11/h11,15,18H,1-10H2. The fourth-order valence-electron chi connectivity index (χ4n) is 2.91. The largest absolute Gasteiger partial charge is 0.394 e. The van der Waals surface area contributed by atoms with Crippen LogP contribution in [0.25, 0.3) is 0 Å². The van der Waals surface area contributed by atoms with Crippen molar-refractivity contribution in [1.29, 1.82) is 0 Å². The maximum atomic E-state index is 8.69. The van der Waals surface area contributed by atoms with Gasteiger partial charge in [-0.2, -0.15) is 4.98 Å². The van der Waals surface area contributed by atoms with Crippen LogP contribution in [0, 0.1) is 0 Å². The van der Waals surface area contributed by atoms with Gasteiger partial charge in [-0.3, -0.25) is 0 Å². The highest BCUT2D eigenvalue weighted by Gasteiger charge is 2.41. The molecule has 20 heavy (non-hydrogen) atoms. The zero-order valence-electron chi connectivity index (χ0n) is 11.8. The quantitative estimate of drug-likeness (QED) is 0.699. The van der Waals surface area contributed by atoms with Crippen molar-refractivity contribution in [1.82, 2.24) is 15.5 Å². The summed E-state index contributed by atoms with van der Waals surface area (Å²) in [5, 5.41) is 16.5. The molecule has 0 bridgehead atoms. The van der Waals surface area contributed by atoms with E-state index in [9.17, 15) is 0 Å². The lowest BCUT2D eigenvalue weighted by Crippen LogP contribution is -2.42. The first-order chi connectivity index (χ1) is 9.84. The van der Waals surface area contributed by atoms with E-state index in [-0.39, 0.29) is 12.1 Å². The highest BCUT2D eigenvalue weighted by molar-refractivity contribution is 5.11. The zero-order valence-corrected chi connectivity index (χ0v) is 11.8. The van der Waals surface area contributed by atoms with E-state index in [0.717, 1.165) is 31.1 Å². The second-order valence-corrected chi connectivity index (χ2v) is 5.78. The van der Waals surface area contributed by atoms with Crippen LogP contribution in [0.15, 0.2) is 4.52 Å². The number of rotatable bonds is 8. The van der Waals surface area contributed by atoms with Crippen molar-refractivity contribution in [3.8, 4) is 0 Å². The highest BCUT2D eigenvalue weighted by Crippen LogP contribution is 2.42. The summed E-state index contributed by atoms with van der Waals surface area (Å²) < 4.78 is 10.7. The molecule has 1 aromatic rings. The van der Waals surface area contributed by atoms with Crippen LogP contribution in [0.3, 0.4) is 0 Å². The van der Waals surface area contributed by atoms with Crippen molar-refractivity contribution in [3.63, 3.8) is 0 Å². The first kappa shape index (κ1) is 14.0. The Balaban J connectivity index is 1.60. The van der Waals surface area contributed by atoms with Crippen molar-refractivity contribution >= 4 is 0 Å². The minimum atomic E-state index is -0.140. The molecule has 2 aliphatic carbocycles. The third-order valence-corrected chi connectivity index (χ3v) is 4.20. The molecule has 3 rings (SSSR count). The van der Waals surface area contributed by atoms with Gasteiger partial charge in [0.1, 0.15) is 0 Å². The average molecular weight is 281 g/mol. The second-order valence-electron chi connectivity index (χ2n) is 5.78. The molecular formula is C14H23N3O3. The predicted molar refractivity (Wildman–Crippen MR) is 72.3 cm³/mol. The third-order valence-electron chi connectivity index (χ3n) is 4.20. The van der Waals surface area contributed by atoms with E-state index in [4.69, 9.17) is 14.4 Å². The van der Waals surface area contributed by atoms with Crippen LogP contribution in [-0.4, -0.2) is 41.6 Å². The van der Waals surface area contributed by atoms with E-state index < -0.39 is 0 Å². The molecule has 0 radical (unpaired) electrons. The van der Waals surface area contributed by atoms with Crippen LogP contribution >= 0.6 is 0 Å². The van der Waals surface area contributed by atoms with Gasteiger partial charge in [0.05, 0.1) is 25.4 Å². The number of aliphatic hydroxyl groups excluding tert-OH is 1. The molecule has 2 aliphatic rings. The maximum absolute atomic E-state index is 8.69. The van der Waals surface area contributed by atoms with E-state index in [2.05, 4.69) is 15.5 Å². The number of nitrogens with one attached hydrogen (secondary N) is 1. The lowest BCUT2D eigenvalue weighted by Gasteiger charge is -2.26. The summed E-state index contributed by atoms with van der Waals surface area (Å²) in [7, 11) is 0. The molecule has 6 heteroatoms.